The molecule has 1 aliphatic rings. The maximum atomic E-state index is 12.6. The Hall–Kier alpha value is 0.00338. The van der Waals surface area contributed by atoms with E-state index in [4.69, 9.17) is 5.73 Å². The first-order valence-corrected chi connectivity index (χ1v) is 12.3. The Kier molecular flexibility index (Phi) is 11.1. The fourth-order valence-electron chi connectivity index (χ4n) is 3.46. The minimum absolute atomic E-state index is 0. The number of rotatable bonds is 4. The standard InChI is InChI=1S/C18H28N2O2S.CH3.ClH.Ru/c1-11-12(2)14(4)16(15(5)13(11)3)10-23(21,22)20-18-9-7-6-8-17(18)19;;;/h17-19H,6-10H2,1-5H3;1H3;1H;/q-2;-1;;+4/p-1. The van der Waals surface area contributed by atoms with Crippen LogP contribution >= 0.6 is 9.69 Å². The Morgan fingerprint density at radius 2 is 1.38 bits per heavy atom. The van der Waals surface area contributed by atoms with Crippen molar-refractivity contribution in [3.05, 3.63) is 51.3 Å². The van der Waals surface area contributed by atoms with Crippen LogP contribution in [-0.4, -0.2) is 20.5 Å². The number of hydrogen-bond donors (Lipinski definition) is 0. The third-order valence-electron chi connectivity index (χ3n) is 5.51. The van der Waals surface area contributed by atoms with E-state index in [1.807, 2.05) is 45.0 Å². The summed E-state index contributed by atoms with van der Waals surface area (Å²) >= 11 is 1.82. The molecular weight excluding hydrogens is 457 g/mol. The van der Waals surface area contributed by atoms with Crippen LogP contribution in [0.2, 0.25) is 0 Å². The molecule has 1 aliphatic carbocycles. The van der Waals surface area contributed by atoms with Crippen LogP contribution in [0, 0.1) is 42.0 Å². The first-order valence-electron chi connectivity index (χ1n) is 8.49. The van der Waals surface area contributed by atoms with Crippen molar-refractivity contribution in [2.45, 2.75) is 78.1 Å². The second kappa shape index (κ2) is 11.1. The molecule has 0 radical (unpaired) electrons. The quantitative estimate of drug-likeness (QED) is 0.390. The van der Waals surface area contributed by atoms with E-state index in [0.717, 1.165) is 53.5 Å². The molecule has 1 saturated carbocycles. The molecule has 2 rings (SSSR count). The number of hydrogen-bond acceptors (Lipinski definition) is 2. The minimum atomic E-state index is -3.55. The van der Waals surface area contributed by atoms with E-state index in [-0.39, 0.29) is 25.3 Å². The number of sulfonamides is 1. The van der Waals surface area contributed by atoms with Crippen molar-refractivity contribution in [2.24, 2.45) is 0 Å². The van der Waals surface area contributed by atoms with Crippen LogP contribution in [0.4, 0.5) is 0 Å². The number of nitrogens with zero attached hydrogens (tertiary/aromatic N) is 1. The second-order valence-electron chi connectivity index (χ2n) is 6.89. The number of nitrogens with one attached hydrogen (secondary N) is 1. The maximum absolute atomic E-state index is 12.6. The van der Waals surface area contributed by atoms with E-state index in [1.165, 1.54) is 5.56 Å². The van der Waals surface area contributed by atoms with Crippen LogP contribution in [0.25, 0.3) is 10.5 Å². The van der Waals surface area contributed by atoms with Gasteiger partial charge in [-0.05, 0) is 68.0 Å². The van der Waals surface area contributed by atoms with Gasteiger partial charge in [0.25, 0.3) is 0 Å². The van der Waals surface area contributed by atoms with Gasteiger partial charge in [0.2, 0.25) is 0 Å². The summed E-state index contributed by atoms with van der Waals surface area (Å²) < 4.78 is 29.2. The van der Waals surface area contributed by atoms with E-state index in [0.29, 0.717) is 0 Å². The average molecular weight is 488 g/mol. The predicted molar refractivity (Wildman–Crippen MR) is 109 cm³/mol. The van der Waals surface area contributed by atoms with Crippen LogP contribution in [0.1, 0.15) is 59.1 Å². The molecule has 1 aromatic rings. The topological polar surface area (TPSA) is 72.0 Å². The monoisotopic (exact) mass is 488 g/mol. The molecule has 150 valence electrons. The van der Waals surface area contributed by atoms with Gasteiger partial charge in [-0.3, -0.25) is 0 Å². The molecule has 1 aromatic carbocycles. The second-order valence-corrected chi connectivity index (χ2v) is 8.56. The molecule has 0 amide bonds. The van der Waals surface area contributed by atoms with Crippen molar-refractivity contribution in [2.75, 3.05) is 0 Å². The molecule has 0 bridgehead atoms. The van der Waals surface area contributed by atoms with Crippen LogP contribution in [-0.2, 0) is 33.1 Å². The molecule has 2 unspecified atom stereocenters. The Morgan fingerprint density at radius 1 is 0.962 bits per heavy atom. The molecule has 7 heteroatoms. The van der Waals surface area contributed by atoms with Gasteiger partial charge >= 0.3 is 27.0 Å². The Bertz CT molecular complexity index is 679. The Balaban J connectivity index is 0.00000201. The molecule has 0 saturated heterocycles. The fourth-order valence-corrected chi connectivity index (χ4v) is 4.99. The van der Waals surface area contributed by atoms with Crippen molar-refractivity contribution >= 4 is 19.7 Å². The number of benzene rings is 1. The molecule has 0 heterocycles. The Morgan fingerprint density at radius 3 is 1.85 bits per heavy atom. The van der Waals surface area contributed by atoms with Crippen molar-refractivity contribution in [1.29, 1.82) is 0 Å². The molecule has 1 fully saturated rings. The Labute approximate surface area is 174 Å². The van der Waals surface area contributed by atoms with E-state index in [9.17, 15) is 8.42 Å². The summed E-state index contributed by atoms with van der Waals surface area (Å²) in [6, 6.07) is -0.732. The summed E-state index contributed by atoms with van der Waals surface area (Å²) in [6.07, 6.45) is 3.45. The third kappa shape index (κ3) is 6.27. The summed E-state index contributed by atoms with van der Waals surface area (Å²) in [5, 5.41) is 0. The number of halogens is 1. The van der Waals surface area contributed by atoms with Crippen molar-refractivity contribution < 1.29 is 25.7 Å². The van der Waals surface area contributed by atoms with Gasteiger partial charge in [0.1, 0.15) is 0 Å². The van der Waals surface area contributed by atoms with Crippen LogP contribution in [0.5, 0.6) is 0 Å². The van der Waals surface area contributed by atoms with Crippen molar-refractivity contribution in [3.63, 3.8) is 0 Å². The SMILES string of the molecule is Cc1c(C)c(C)c(CS(=O)(=O)[N-]C2CCCCC2[NH-])c(C)c1C.[CH3-].[Cl][Ru+3]. The van der Waals surface area contributed by atoms with Gasteiger partial charge in [-0.25, -0.2) is 8.42 Å². The first-order chi connectivity index (χ1) is 11.6. The molecule has 0 spiro atoms. The summed E-state index contributed by atoms with van der Waals surface area (Å²) in [7, 11) is 1.02. The summed E-state index contributed by atoms with van der Waals surface area (Å²) in [4.78, 5) is 0. The van der Waals surface area contributed by atoms with Gasteiger partial charge in [-0.15, -0.1) is 6.04 Å². The molecule has 4 nitrogen and oxygen atoms in total. The van der Waals surface area contributed by atoms with E-state index >= 15 is 0 Å². The molecule has 26 heavy (non-hydrogen) atoms. The summed E-state index contributed by atoms with van der Waals surface area (Å²) in [5.41, 5.74) is 14.6. The van der Waals surface area contributed by atoms with Crippen molar-refractivity contribution in [3.8, 4) is 0 Å². The zero-order valence-electron chi connectivity index (χ0n) is 16.6. The van der Waals surface area contributed by atoms with E-state index in [1.54, 1.807) is 0 Å². The van der Waals surface area contributed by atoms with Crippen LogP contribution in [0.15, 0.2) is 0 Å². The first kappa shape index (κ1) is 26.0. The average Bonchev–Trinajstić information content (AvgIpc) is 2.59. The summed E-state index contributed by atoms with van der Waals surface area (Å²) in [5.74, 6) is -0.0458. The fraction of sp³-hybridized carbons (Fsp3) is 0.632. The van der Waals surface area contributed by atoms with Crippen LogP contribution in [0.3, 0.4) is 0 Å². The molecular formula is C19H31ClN2O2RuS. The van der Waals surface area contributed by atoms with Gasteiger partial charge in [0.05, 0.1) is 15.8 Å². The third-order valence-corrected chi connectivity index (χ3v) is 6.75. The molecule has 2 atom stereocenters. The van der Waals surface area contributed by atoms with E-state index in [2.05, 4.69) is 21.3 Å². The molecule has 1 N–H and O–H groups in total. The predicted octanol–water partition coefficient (Wildman–Crippen LogP) is 5.93. The van der Waals surface area contributed by atoms with Gasteiger partial charge in [0.15, 0.2) is 0 Å². The van der Waals surface area contributed by atoms with Crippen molar-refractivity contribution in [1.82, 2.24) is 0 Å². The van der Waals surface area contributed by atoms with Gasteiger partial charge in [0, 0.05) is 0 Å². The normalized spacial score (nSPS) is 20.0. The molecule has 0 aromatic heterocycles. The zero-order chi connectivity index (χ0) is 19.4. The zero-order valence-corrected chi connectivity index (χ0v) is 19.9. The van der Waals surface area contributed by atoms with Gasteiger partial charge in [-0.2, -0.15) is 6.04 Å². The van der Waals surface area contributed by atoms with Gasteiger partial charge < -0.3 is 17.9 Å². The van der Waals surface area contributed by atoms with Crippen LogP contribution < -0.4 is 0 Å². The van der Waals surface area contributed by atoms with Gasteiger partial charge in [-0.1, -0.05) is 25.7 Å². The summed E-state index contributed by atoms with van der Waals surface area (Å²) in [6.45, 7) is 10.2. The van der Waals surface area contributed by atoms with E-state index < -0.39 is 10.0 Å². The molecule has 0 aliphatic heterocycles.